The van der Waals surface area contributed by atoms with Gasteiger partial charge in [0.2, 0.25) is 0 Å². The van der Waals surface area contributed by atoms with Crippen LogP contribution in [0.3, 0.4) is 0 Å². The second-order valence-electron chi connectivity index (χ2n) is 8.47. The lowest BCUT2D eigenvalue weighted by Gasteiger charge is -2.19. The second-order valence-corrected chi connectivity index (χ2v) is 8.47. The number of hydrogen-bond acceptors (Lipinski definition) is 3. The average Bonchev–Trinajstić information content (AvgIpc) is 3.13. The van der Waals surface area contributed by atoms with E-state index in [0.717, 1.165) is 41.9 Å². The van der Waals surface area contributed by atoms with Crippen molar-refractivity contribution >= 4 is 22.5 Å². The molecule has 5 rings (SSSR count). The Bertz CT molecular complexity index is 1460. The van der Waals surface area contributed by atoms with E-state index in [2.05, 4.69) is 35.7 Å². The van der Waals surface area contributed by atoms with Gasteiger partial charge in [0, 0.05) is 23.1 Å². The molecule has 4 heteroatoms. The minimum absolute atomic E-state index is 0.0362. The van der Waals surface area contributed by atoms with Crippen molar-refractivity contribution in [2.45, 2.75) is 26.2 Å². The first kappa shape index (κ1) is 21.7. The smallest absolute Gasteiger partial charge is 0.193 e. The number of benzene rings is 2. The Morgan fingerprint density at radius 3 is 2.50 bits per heavy atom. The van der Waals surface area contributed by atoms with Crippen LogP contribution in [0.4, 0.5) is 11.5 Å². The predicted octanol–water partition coefficient (Wildman–Crippen LogP) is 6.81. The number of anilines is 2. The predicted molar refractivity (Wildman–Crippen MR) is 141 cm³/mol. The third-order valence-electron chi connectivity index (χ3n) is 6.08. The van der Waals surface area contributed by atoms with E-state index in [9.17, 15) is 4.79 Å². The first-order valence-electron chi connectivity index (χ1n) is 11.6. The van der Waals surface area contributed by atoms with Crippen LogP contribution in [0.1, 0.15) is 24.1 Å². The normalized spacial score (nSPS) is 13.0. The highest BCUT2D eigenvalue weighted by Crippen LogP contribution is 2.26. The highest BCUT2D eigenvalue weighted by Gasteiger charge is 2.15. The van der Waals surface area contributed by atoms with Gasteiger partial charge in [-0.25, -0.2) is 4.98 Å². The lowest BCUT2D eigenvalue weighted by atomic mass is 10.0. The first-order chi connectivity index (χ1) is 16.7. The van der Waals surface area contributed by atoms with Crippen molar-refractivity contribution < 1.29 is 0 Å². The summed E-state index contributed by atoms with van der Waals surface area (Å²) in [5, 5.41) is 4.05. The molecule has 0 aliphatic heterocycles. The fourth-order valence-electron chi connectivity index (χ4n) is 4.29. The zero-order valence-corrected chi connectivity index (χ0v) is 19.2. The standard InChI is InChI=1S/C30H27N3O/c1-22-24(19-18-23-12-6-2-3-7-13-23)20-27-28(34)21-29(32-25-14-8-4-9-15-25)33(30(27)31-22)26-16-10-5-11-17-26/h2,4-17,20-21,32H,3,18-19H2,1H3. The molecule has 0 atom stereocenters. The number of aromatic nitrogens is 2. The third-order valence-corrected chi connectivity index (χ3v) is 6.08. The van der Waals surface area contributed by atoms with Gasteiger partial charge in [0.1, 0.15) is 11.5 Å². The number of nitrogens with zero attached hydrogens (tertiary/aromatic N) is 2. The van der Waals surface area contributed by atoms with Crippen LogP contribution in [0.5, 0.6) is 0 Å². The molecule has 0 unspecified atom stereocenters. The summed E-state index contributed by atoms with van der Waals surface area (Å²) in [6, 6.07) is 23.6. The Kier molecular flexibility index (Phi) is 6.21. The van der Waals surface area contributed by atoms with E-state index in [0.29, 0.717) is 16.9 Å². The van der Waals surface area contributed by atoms with E-state index >= 15 is 0 Å². The molecule has 0 saturated carbocycles. The van der Waals surface area contributed by atoms with Crippen LogP contribution in [-0.2, 0) is 6.42 Å². The number of allylic oxidation sites excluding steroid dienone is 6. The van der Waals surface area contributed by atoms with E-state index in [4.69, 9.17) is 4.98 Å². The van der Waals surface area contributed by atoms with Crippen LogP contribution in [0, 0.1) is 6.92 Å². The fourth-order valence-corrected chi connectivity index (χ4v) is 4.29. The quantitative estimate of drug-likeness (QED) is 0.354. The first-order valence-corrected chi connectivity index (χ1v) is 11.6. The molecule has 2 heterocycles. The van der Waals surface area contributed by atoms with Gasteiger partial charge < -0.3 is 5.32 Å². The van der Waals surface area contributed by atoms with Gasteiger partial charge in [-0.1, -0.05) is 66.8 Å². The van der Waals surface area contributed by atoms with Gasteiger partial charge in [-0.2, -0.15) is 0 Å². The van der Waals surface area contributed by atoms with Crippen LogP contribution in [0.25, 0.3) is 16.7 Å². The Hall–Kier alpha value is -4.18. The van der Waals surface area contributed by atoms with E-state index in [1.165, 1.54) is 5.57 Å². The Morgan fingerprint density at radius 1 is 0.941 bits per heavy atom. The Morgan fingerprint density at radius 2 is 1.71 bits per heavy atom. The van der Waals surface area contributed by atoms with Crippen LogP contribution in [-0.4, -0.2) is 9.55 Å². The summed E-state index contributed by atoms with van der Waals surface area (Å²) in [6.07, 6.45) is 13.5. The Balaban J connectivity index is 1.61. The summed E-state index contributed by atoms with van der Waals surface area (Å²) in [4.78, 5) is 18.2. The molecule has 0 saturated heterocycles. The summed E-state index contributed by atoms with van der Waals surface area (Å²) in [5.74, 6) is 0.690. The van der Waals surface area contributed by atoms with Crippen molar-refractivity contribution in [3.05, 3.63) is 130 Å². The monoisotopic (exact) mass is 445 g/mol. The molecule has 2 aromatic heterocycles. The topological polar surface area (TPSA) is 46.9 Å². The molecule has 34 heavy (non-hydrogen) atoms. The van der Waals surface area contributed by atoms with E-state index < -0.39 is 0 Å². The molecule has 0 bridgehead atoms. The number of pyridine rings is 2. The number of fused-ring (bicyclic) bond motifs is 1. The molecular weight excluding hydrogens is 418 g/mol. The van der Waals surface area contributed by atoms with Crippen molar-refractivity contribution in [3.8, 4) is 5.69 Å². The molecule has 1 N–H and O–H groups in total. The maximum absolute atomic E-state index is 13.3. The molecule has 168 valence electrons. The number of aryl methyl sites for hydroxylation is 2. The summed E-state index contributed by atoms with van der Waals surface area (Å²) in [7, 11) is 0. The van der Waals surface area contributed by atoms with Gasteiger partial charge in [-0.05, 0) is 67.7 Å². The SMILES string of the molecule is Cc1nc2c(cc1CCC1=CC=CCC=C1)c(=O)cc(Nc1ccccc1)n2-c1ccccc1. The lowest BCUT2D eigenvalue weighted by Crippen LogP contribution is -2.14. The number of hydrogen-bond donors (Lipinski definition) is 1. The van der Waals surface area contributed by atoms with Crippen molar-refractivity contribution in [2.75, 3.05) is 5.32 Å². The molecule has 1 aliphatic carbocycles. The average molecular weight is 446 g/mol. The maximum Gasteiger partial charge on any atom is 0.193 e. The minimum atomic E-state index is -0.0362. The fraction of sp³-hybridized carbons (Fsp3) is 0.133. The highest BCUT2D eigenvalue weighted by molar-refractivity contribution is 5.81. The van der Waals surface area contributed by atoms with Gasteiger partial charge in [0.15, 0.2) is 5.43 Å². The molecule has 2 aromatic carbocycles. The number of para-hydroxylation sites is 2. The summed E-state index contributed by atoms with van der Waals surface area (Å²) in [5.41, 5.74) is 5.83. The van der Waals surface area contributed by atoms with Gasteiger partial charge in [0.25, 0.3) is 0 Å². The maximum atomic E-state index is 13.3. The lowest BCUT2D eigenvalue weighted by molar-refractivity contribution is 0.934. The van der Waals surface area contributed by atoms with Gasteiger partial charge in [0.05, 0.1) is 5.39 Å². The highest BCUT2D eigenvalue weighted by atomic mass is 16.1. The molecule has 0 amide bonds. The van der Waals surface area contributed by atoms with E-state index in [1.807, 2.05) is 78.2 Å². The molecule has 4 aromatic rings. The number of nitrogens with one attached hydrogen (secondary N) is 1. The van der Waals surface area contributed by atoms with Gasteiger partial charge in [-0.15, -0.1) is 0 Å². The number of rotatable bonds is 6. The molecular formula is C30H27N3O. The second kappa shape index (κ2) is 9.75. The van der Waals surface area contributed by atoms with Gasteiger partial charge >= 0.3 is 0 Å². The van der Waals surface area contributed by atoms with Crippen LogP contribution < -0.4 is 10.7 Å². The third kappa shape index (κ3) is 4.62. The van der Waals surface area contributed by atoms with Crippen molar-refractivity contribution in [1.82, 2.24) is 9.55 Å². The van der Waals surface area contributed by atoms with E-state index in [-0.39, 0.29) is 5.43 Å². The molecule has 4 nitrogen and oxygen atoms in total. The summed E-state index contributed by atoms with van der Waals surface area (Å²) in [6.45, 7) is 2.03. The molecule has 0 radical (unpaired) electrons. The zero-order valence-electron chi connectivity index (χ0n) is 19.2. The molecule has 1 aliphatic rings. The van der Waals surface area contributed by atoms with E-state index in [1.54, 1.807) is 6.07 Å². The van der Waals surface area contributed by atoms with Crippen LogP contribution in [0.2, 0.25) is 0 Å². The van der Waals surface area contributed by atoms with Crippen molar-refractivity contribution in [1.29, 1.82) is 0 Å². The summed E-state index contributed by atoms with van der Waals surface area (Å²) < 4.78 is 2.03. The van der Waals surface area contributed by atoms with Crippen LogP contribution >= 0.6 is 0 Å². The summed E-state index contributed by atoms with van der Waals surface area (Å²) >= 11 is 0. The minimum Gasteiger partial charge on any atom is -0.341 e. The van der Waals surface area contributed by atoms with Crippen LogP contribution in [0.15, 0.2) is 114 Å². The Labute approximate surface area is 199 Å². The van der Waals surface area contributed by atoms with Gasteiger partial charge in [-0.3, -0.25) is 9.36 Å². The van der Waals surface area contributed by atoms with Crippen molar-refractivity contribution in [2.24, 2.45) is 0 Å². The molecule has 0 fully saturated rings. The largest absolute Gasteiger partial charge is 0.341 e. The van der Waals surface area contributed by atoms with Crippen molar-refractivity contribution in [3.63, 3.8) is 0 Å². The molecule has 0 spiro atoms. The zero-order chi connectivity index (χ0) is 23.3.